The van der Waals surface area contributed by atoms with E-state index in [1.807, 2.05) is 0 Å². The van der Waals surface area contributed by atoms with Crippen LogP contribution in [0.15, 0.2) is 0 Å². The van der Waals surface area contributed by atoms with Gasteiger partial charge in [-0.25, -0.2) is 0 Å². The maximum absolute atomic E-state index is 11.7. The molecule has 0 bridgehead atoms. The number of rotatable bonds is 5. The summed E-state index contributed by atoms with van der Waals surface area (Å²) in [4.78, 5) is 13.8. The largest absolute Gasteiger partial charge is 0.341 e. The van der Waals surface area contributed by atoms with Gasteiger partial charge in [-0.2, -0.15) is 0 Å². The van der Waals surface area contributed by atoms with Crippen molar-refractivity contribution in [1.82, 2.24) is 10.2 Å². The molecule has 1 heterocycles. The molecule has 1 saturated carbocycles. The lowest BCUT2D eigenvalue weighted by Crippen LogP contribution is -2.51. The lowest BCUT2D eigenvalue weighted by atomic mass is 9.87. The van der Waals surface area contributed by atoms with Crippen molar-refractivity contribution in [3.63, 3.8) is 0 Å². The van der Waals surface area contributed by atoms with Crippen molar-refractivity contribution in [3.8, 4) is 0 Å². The maximum Gasteiger partial charge on any atom is 0.219 e. The fourth-order valence-electron chi connectivity index (χ4n) is 3.95. The smallest absolute Gasteiger partial charge is 0.219 e. The number of nitrogens with zero attached hydrogens (tertiary/aromatic N) is 1. The predicted molar refractivity (Wildman–Crippen MR) is 83.6 cm³/mol. The second-order valence-electron chi connectivity index (χ2n) is 6.92. The monoisotopic (exact) mass is 280 g/mol. The Morgan fingerprint density at radius 3 is 2.55 bits per heavy atom. The van der Waals surface area contributed by atoms with Gasteiger partial charge in [0.25, 0.3) is 0 Å². The van der Waals surface area contributed by atoms with Gasteiger partial charge < -0.3 is 10.2 Å². The quantitative estimate of drug-likeness (QED) is 0.839. The number of carbonyl (C=O) groups is 1. The van der Waals surface area contributed by atoms with Crippen molar-refractivity contribution in [2.24, 2.45) is 11.8 Å². The molecule has 0 spiro atoms. The van der Waals surface area contributed by atoms with Crippen LogP contribution in [0.1, 0.15) is 65.2 Å². The Morgan fingerprint density at radius 1 is 1.15 bits per heavy atom. The molecule has 116 valence electrons. The van der Waals surface area contributed by atoms with Gasteiger partial charge in [0.1, 0.15) is 0 Å². The zero-order chi connectivity index (χ0) is 14.4. The highest BCUT2D eigenvalue weighted by Gasteiger charge is 2.28. The van der Waals surface area contributed by atoms with Crippen LogP contribution in [0, 0.1) is 11.8 Å². The molecule has 0 aromatic heterocycles. The van der Waals surface area contributed by atoms with Crippen LogP contribution in [0.25, 0.3) is 0 Å². The second-order valence-corrected chi connectivity index (χ2v) is 6.92. The third kappa shape index (κ3) is 4.76. The third-order valence-electron chi connectivity index (χ3n) is 5.10. The molecule has 2 rings (SSSR count). The van der Waals surface area contributed by atoms with Gasteiger partial charge in [-0.3, -0.25) is 4.79 Å². The summed E-state index contributed by atoms with van der Waals surface area (Å²) in [7, 11) is 0. The maximum atomic E-state index is 11.7. The molecule has 3 heteroatoms. The topological polar surface area (TPSA) is 32.3 Å². The molecule has 1 aliphatic heterocycles. The summed E-state index contributed by atoms with van der Waals surface area (Å²) in [6.07, 6.45) is 10.8. The van der Waals surface area contributed by atoms with E-state index in [0.717, 1.165) is 25.6 Å². The molecule has 2 aliphatic rings. The Labute approximate surface area is 124 Å². The van der Waals surface area contributed by atoms with Crippen LogP contribution < -0.4 is 5.32 Å². The molecule has 3 nitrogen and oxygen atoms in total. The van der Waals surface area contributed by atoms with Crippen LogP contribution in [0.2, 0.25) is 0 Å². The van der Waals surface area contributed by atoms with Crippen LogP contribution >= 0.6 is 0 Å². The summed E-state index contributed by atoms with van der Waals surface area (Å²) in [5, 5.41) is 3.77. The number of amides is 1. The summed E-state index contributed by atoms with van der Waals surface area (Å²) in [6.45, 7) is 7.02. The van der Waals surface area contributed by atoms with Crippen molar-refractivity contribution >= 4 is 5.91 Å². The van der Waals surface area contributed by atoms with Gasteiger partial charge in [-0.05, 0) is 44.1 Å². The van der Waals surface area contributed by atoms with Crippen molar-refractivity contribution in [3.05, 3.63) is 0 Å². The van der Waals surface area contributed by atoms with Crippen molar-refractivity contribution in [2.75, 3.05) is 19.6 Å². The summed E-state index contributed by atoms with van der Waals surface area (Å²) >= 11 is 0. The Balaban J connectivity index is 1.80. The number of likely N-dealkylation sites (tertiary alicyclic amines) is 1. The average Bonchev–Trinajstić information content (AvgIpc) is 2.46. The SMILES string of the molecule is CCCC1CC(NCC2CCCCC2)CN(C(C)=O)C1. The molecule has 0 aromatic carbocycles. The molecular formula is C17H32N2O. The highest BCUT2D eigenvalue weighted by Crippen LogP contribution is 2.25. The molecule has 2 fully saturated rings. The van der Waals surface area contributed by atoms with Crippen molar-refractivity contribution in [1.29, 1.82) is 0 Å². The number of carbonyl (C=O) groups excluding carboxylic acids is 1. The molecule has 1 amide bonds. The number of hydrogen-bond acceptors (Lipinski definition) is 2. The molecule has 2 atom stereocenters. The summed E-state index contributed by atoms with van der Waals surface area (Å²) in [6, 6.07) is 0.520. The van der Waals surface area contributed by atoms with Gasteiger partial charge in [0.2, 0.25) is 5.91 Å². The van der Waals surface area contributed by atoms with Crippen LogP contribution in [0.5, 0.6) is 0 Å². The minimum absolute atomic E-state index is 0.246. The fourth-order valence-corrected chi connectivity index (χ4v) is 3.95. The first-order valence-corrected chi connectivity index (χ1v) is 8.68. The fraction of sp³-hybridized carbons (Fsp3) is 0.941. The lowest BCUT2D eigenvalue weighted by molar-refractivity contribution is -0.131. The van der Waals surface area contributed by atoms with Crippen LogP contribution in [-0.2, 0) is 4.79 Å². The molecule has 1 saturated heterocycles. The molecule has 1 N–H and O–H groups in total. The first kappa shape index (κ1) is 15.8. The highest BCUT2D eigenvalue weighted by atomic mass is 16.2. The van der Waals surface area contributed by atoms with E-state index in [0.29, 0.717) is 12.0 Å². The Kier molecular flexibility index (Phi) is 6.34. The van der Waals surface area contributed by atoms with Crippen LogP contribution in [0.3, 0.4) is 0 Å². The standard InChI is InChI=1S/C17H32N2O/c1-3-7-16-10-17(13-19(12-16)14(2)20)18-11-15-8-5-4-6-9-15/h15-18H,3-13H2,1-2H3. The summed E-state index contributed by atoms with van der Waals surface area (Å²) < 4.78 is 0. The van der Waals surface area contributed by atoms with E-state index < -0.39 is 0 Å². The van der Waals surface area contributed by atoms with E-state index in [1.54, 1.807) is 6.92 Å². The normalized spacial score (nSPS) is 28.6. The van der Waals surface area contributed by atoms with Gasteiger partial charge in [-0.15, -0.1) is 0 Å². The number of piperidine rings is 1. The van der Waals surface area contributed by atoms with E-state index in [4.69, 9.17) is 0 Å². The first-order chi connectivity index (χ1) is 9.69. The zero-order valence-electron chi connectivity index (χ0n) is 13.4. The minimum Gasteiger partial charge on any atom is -0.341 e. The Hall–Kier alpha value is -0.570. The third-order valence-corrected chi connectivity index (χ3v) is 5.10. The van der Waals surface area contributed by atoms with E-state index >= 15 is 0 Å². The molecule has 2 unspecified atom stereocenters. The molecule has 0 radical (unpaired) electrons. The summed E-state index contributed by atoms with van der Waals surface area (Å²) in [5.41, 5.74) is 0. The van der Waals surface area contributed by atoms with Gasteiger partial charge in [0.05, 0.1) is 0 Å². The van der Waals surface area contributed by atoms with Gasteiger partial charge in [0.15, 0.2) is 0 Å². The van der Waals surface area contributed by atoms with Crippen molar-refractivity contribution in [2.45, 2.75) is 71.3 Å². The first-order valence-electron chi connectivity index (χ1n) is 8.68. The molecule has 1 aliphatic carbocycles. The lowest BCUT2D eigenvalue weighted by Gasteiger charge is -2.38. The van der Waals surface area contributed by atoms with Crippen LogP contribution in [-0.4, -0.2) is 36.5 Å². The average molecular weight is 280 g/mol. The van der Waals surface area contributed by atoms with E-state index in [9.17, 15) is 4.79 Å². The summed E-state index contributed by atoms with van der Waals surface area (Å²) in [5.74, 6) is 1.82. The Bertz CT molecular complexity index is 299. The van der Waals surface area contributed by atoms with Crippen LogP contribution in [0.4, 0.5) is 0 Å². The second kappa shape index (κ2) is 8.02. The molecule has 0 aromatic rings. The van der Waals surface area contributed by atoms with E-state index in [-0.39, 0.29) is 5.91 Å². The van der Waals surface area contributed by atoms with Gasteiger partial charge in [-0.1, -0.05) is 32.6 Å². The molecule has 20 heavy (non-hydrogen) atoms. The number of hydrogen-bond donors (Lipinski definition) is 1. The van der Waals surface area contributed by atoms with Crippen molar-refractivity contribution < 1.29 is 4.79 Å². The van der Waals surface area contributed by atoms with E-state index in [2.05, 4.69) is 17.1 Å². The minimum atomic E-state index is 0.246. The van der Waals surface area contributed by atoms with Gasteiger partial charge >= 0.3 is 0 Å². The molecular weight excluding hydrogens is 248 g/mol. The van der Waals surface area contributed by atoms with Gasteiger partial charge in [0, 0.05) is 26.1 Å². The highest BCUT2D eigenvalue weighted by molar-refractivity contribution is 5.73. The predicted octanol–water partition coefficient (Wildman–Crippen LogP) is 3.19. The number of nitrogens with one attached hydrogen (secondary N) is 1. The Morgan fingerprint density at radius 2 is 1.90 bits per heavy atom. The van der Waals surface area contributed by atoms with E-state index in [1.165, 1.54) is 51.4 Å². The zero-order valence-corrected chi connectivity index (χ0v) is 13.4.